The van der Waals surface area contributed by atoms with Gasteiger partial charge in [-0.1, -0.05) is 40.9 Å². The molecule has 0 bridgehead atoms. The lowest BCUT2D eigenvalue weighted by molar-refractivity contribution is 0.186. The summed E-state index contributed by atoms with van der Waals surface area (Å²) < 4.78 is 1.03. The van der Waals surface area contributed by atoms with E-state index in [1.54, 1.807) is 6.20 Å². The quantitative estimate of drug-likeness (QED) is 0.370. The molecule has 7 N–H and O–H groups in total. The Morgan fingerprint density at radius 1 is 1.10 bits per heavy atom. The van der Waals surface area contributed by atoms with Crippen molar-refractivity contribution in [3.05, 3.63) is 52.6 Å². The zero-order valence-electron chi connectivity index (χ0n) is 16.0. The smallest absolute Gasteiger partial charge is 0.224 e. The van der Waals surface area contributed by atoms with Crippen LogP contribution in [0.2, 0.25) is 0 Å². The number of nitrogens with zero attached hydrogens (tertiary/aromatic N) is 2. The summed E-state index contributed by atoms with van der Waals surface area (Å²) >= 11 is 3.49. The van der Waals surface area contributed by atoms with Crippen molar-refractivity contribution in [1.82, 2.24) is 9.97 Å². The SMILES string of the molecule is NC(O)c1cnc(N[C@@H]2CCCC[C@@H]2N)nc1Nc1ccc2cc(Br)ccc2c1. The number of anilines is 3. The number of benzene rings is 2. The van der Waals surface area contributed by atoms with Gasteiger partial charge in [-0.25, -0.2) is 4.98 Å². The maximum Gasteiger partial charge on any atom is 0.224 e. The second-order valence-electron chi connectivity index (χ2n) is 7.47. The Labute approximate surface area is 178 Å². The minimum Gasteiger partial charge on any atom is -0.374 e. The normalized spacial score (nSPS) is 20.4. The summed E-state index contributed by atoms with van der Waals surface area (Å²) in [6, 6.07) is 12.4. The van der Waals surface area contributed by atoms with Crippen molar-refractivity contribution in [3.63, 3.8) is 0 Å². The van der Waals surface area contributed by atoms with Gasteiger partial charge < -0.3 is 27.2 Å². The zero-order valence-corrected chi connectivity index (χ0v) is 17.6. The second kappa shape index (κ2) is 8.62. The van der Waals surface area contributed by atoms with Crippen molar-refractivity contribution in [2.45, 2.75) is 44.0 Å². The van der Waals surface area contributed by atoms with Gasteiger partial charge in [0.1, 0.15) is 12.0 Å². The molecule has 1 fully saturated rings. The maximum absolute atomic E-state index is 9.95. The molecule has 0 spiro atoms. The molecule has 0 amide bonds. The predicted molar refractivity (Wildman–Crippen MR) is 120 cm³/mol. The lowest BCUT2D eigenvalue weighted by Gasteiger charge is -2.29. The van der Waals surface area contributed by atoms with Gasteiger partial charge in [-0.3, -0.25) is 0 Å². The van der Waals surface area contributed by atoms with Crippen LogP contribution in [0.4, 0.5) is 17.5 Å². The molecule has 2 aromatic carbocycles. The molecular weight excluding hydrogens is 432 g/mol. The number of aromatic nitrogens is 2. The Morgan fingerprint density at radius 2 is 1.86 bits per heavy atom. The van der Waals surface area contributed by atoms with Gasteiger partial charge in [-0.05, 0) is 47.9 Å². The third kappa shape index (κ3) is 4.67. The number of aliphatic hydroxyl groups excluding tert-OH is 1. The van der Waals surface area contributed by atoms with E-state index < -0.39 is 6.23 Å². The van der Waals surface area contributed by atoms with Crippen molar-refractivity contribution in [2.75, 3.05) is 10.6 Å². The highest BCUT2D eigenvalue weighted by Crippen LogP contribution is 2.28. The largest absolute Gasteiger partial charge is 0.374 e. The molecule has 1 unspecified atom stereocenters. The van der Waals surface area contributed by atoms with Gasteiger partial charge in [0.05, 0.1) is 5.56 Å². The Kier molecular flexibility index (Phi) is 5.96. The van der Waals surface area contributed by atoms with Gasteiger partial charge in [-0.2, -0.15) is 4.98 Å². The maximum atomic E-state index is 9.95. The van der Waals surface area contributed by atoms with E-state index in [1.165, 1.54) is 0 Å². The number of hydrogen-bond donors (Lipinski definition) is 5. The Hall–Kier alpha value is -2.26. The van der Waals surface area contributed by atoms with Crippen molar-refractivity contribution in [1.29, 1.82) is 0 Å². The Bertz CT molecular complexity index is 1010. The fraction of sp³-hybridized carbons (Fsp3) is 0.333. The van der Waals surface area contributed by atoms with Crippen LogP contribution in [-0.4, -0.2) is 27.2 Å². The summed E-state index contributed by atoms with van der Waals surface area (Å²) in [5.41, 5.74) is 13.2. The highest BCUT2D eigenvalue weighted by Gasteiger charge is 2.23. The average Bonchev–Trinajstić information content (AvgIpc) is 2.70. The zero-order chi connectivity index (χ0) is 20.4. The third-order valence-corrected chi connectivity index (χ3v) is 5.83. The van der Waals surface area contributed by atoms with Crippen LogP contribution in [0.3, 0.4) is 0 Å². The molecule has 7 nitrogen and oxygen atoms in total. The molecule has 1 aliphatic rings. The van der Waals surface area contributed by atoms with Crippen LogP contribution < -0.4 is 22.1 Å². The first-order valence-electron chi connectivity index (χ1n) is 9.78. The number of halogens is 1. The molecule has 3 atom stereocenters. The minimum absolute atomic E-state index is 0.0864. The predicted octanol–water partition coefficient (Wildman–Crippen LogP) is 3.77. The Morgan fingerprint density at radius 3 is 2.66 bits per heavy atom. The molecule has 0 saturated heterocycles. The first-order valence-corrected chi connectivity index (χ1v) is 10.6. The second-order valence-corrected chi connectivity index (χ2v) is 8.39. The van der Waals surface area contributed by atoms with Crippen LogP contribution in [0.1, 0.15) is 37.5 Å². The van der Waals surface area contributed by atoms with E-state index in [2.05, 4.69) is 42.6 Å². The van der Waals surface area contributed by atoms with Gasteiger partial charge in [0.15, 0.2) is 0 Å². The molecule has 1 aromatic heterocycles. The minimum atomic E-state index is -1.18. The standard InChI is InChI=1S/C21H25BrN6O/c22-14-7-5-13-10-15(8-6-12(13)9-14)26-20-16(19(24)29)11-25-21(28-20)27-18-4-2-1-3-17(18)23/h5-11,17-19,29H,1-4,23-24H2,(H2,25,26,27,28)/t17-,18+,19?/m0/s1. The summed E-state index contributed by atoms with van der Waals surface area (Å²) in [4.78, 5) is 8.90. The summed E-state index contributed by atoms with van der Waals surface area (Å²) in [6.07, 6.45) is 4.66. The molecule has 152 valence electrons. The van der Waals surface area contributed by atoms with Gasteiger partial charge in [0.2, 0.25) is 5.95 Å². The molecule has 1 saturated carbocycles. The molecule has 0 radical (unpaired) electrons. The van der Waals surface area contributed by atoms with Crippen LogP contribution in [0.15, 0.2) is 47.1 Å². The van der Waals surface area contributed by atoms with Crippen LogP contribution in [-0.2, 0) is 0 Å². The fourth-order valence-electron chi connectivity index (χ4n) is 3.71. The Balaban J connectivity index is 1.61. The van der Waals surface area contributed by atoms with Crippen molar-refractivity contribution >= 4 is 44.2 Å². The number of hydrogen-bond acceptors (Lipinski definition) is 7. The summed E-state index contributed by atoms with van der Waals surface area (Å²) in [6.45, 7) is 0. The summed E-state index contributed by atoms with van der Waals surface area (Å²) in [5.74, 6) is 0.947. The van der Waals surface area contributed by atoms with E-state index in [-0.39, 0.29) is 12.1 Å². The first kappa shape index (κ1) is 20.0. The molecule has 1 heterocycles. The molecule has 3 aromatic rings. The molecule has 0 aliphatic heterocycles. The van der Waals surface area contributed by atoms with E-state index in [0.29, 0.717) is 17.3 Å². The van der Waals surface area contributed by atoms with Crippen molar-refractivity contribution < 1.29 is 5.11 Å². The van der Waals surface area contributed by atoms with Gasteiger partial charge in [-0.15, -0.1) is 0 Å². The summed E-state index contributed by atoms with van der Waals surface area (Å²) in [7, 11) is 0. The highest BCUT2D eigenvalue weighted by atomic mass is 79.9. The van der Waals surface area contributed by atoms with Crippen LogP contribution in [0, 0.1) is 0 Å². The monoisotopic (exact) mass is 456 g/mol. The molecule has 1 aliphatic carbocycles. The van der Waals surface area contributed by atoms with Crippen LogP contribution >= 0.6 is 15.9 Å². The molecule has 29 heavy (non-hydrogen) atoms. The average molecular weight is 457 g/mol. The lowest BCUT2D eigenvalue weighted by Crippen LogP contribution is -2.43. The van der Waals surface area contributed by atoms with Gasteiger partial charge in [0, 0.05) is 28.4 Å². The van der Waals surface area contributed by atoms with E-state index in [0.717, 1.165) is 46.6 Å². The topological polar surface area (TPSA) is 122 Å². The van der Waals surface area contributed by atoms with Crippen LogP contribution in [0.25, 0.3) is 10.8 Å². The highest BCUT2D eigenvalue weighted by molar-refractivity contribution is 9.10. The van der Waals surface area contributed by atoms with Crippen molar-refractivity contribution in [2.24, 2.45) is 11.5 Å². The number of aliphatic hydroxyl groups is 1. The molecule has 8 heteroatoms. The van der Waals surface area contributed by atoms with E-state index >= 15 is 0 Å². The number of rotatable bonds is 5. The number of fused-ring (bicyclic) bond motifs is 1. The fourth-order valence-corrected chi connectivity index (χ4v) is 4.09. The molecule has 4 rings (SSSR count). The van der Waals surface area contributed by atoms with Crippen molar-refractivity contribution in [3.8, 4) is 0 Å². The summed E-state index contributed by atoms with van der Waals surface area (Å²) in [5, 5.41) is 18.8. The van der Waals surface area contributed by atoms with Gasteiger partial charge >= 0.3 is 0 Å². The van der Waals surface area contributed by atoms with E-state index in [1.807, 2.05) is 30.3 Å². The molecular formula is C21H25BrN6O. The van der Waals surface area contributed by atoms with Gasteiger partial charge in [0.25, 0.3) is 0 Å². The first-order chi connectivity index (χ1) is 14.0. The number of nitrogens with two attached hydrogens (primary N) is 2. The van der Waals surface area contributed by atoms with E-state index in [4.69, 9.17) is 11.5 Å². The lowest BCUT2D eigenvalue weighted by atomic mass is 9.91. The number of nitrogens with one attached hydrogen (secondary N) is 2. The third-order valence-electron chi connectivity index (χ3n) is 5.33. The van der Waals surface area contributed by atoms with E-state index in [9.17, 15) is 5.11 Å². The van der Waals surface area contributed by atoms with Crippen LogP contribution in [0.5, 0.6) is 0 Å².